The van der Waals surface area contributed by atoms with Crippen molar-refractivity contribution in [1.29, 1.82) is 0 Å². The molecular weight excluding hydrogens is 228 g/mol. The second kappa shape index (κ2) is 5.36. The minimum absolute atomic E-state index is 0.0548. The summed E-state index contributed by atoms with van der Waals surface area (Å²) in [6.07, 6.45) is -1.03. The van der Waals surface area contributed by atoms with Gasteiger partial charge in [0.25, 0.3) is 0 Å². The molecule has 1 unspecified atom stereocenters. The molecule has 0 heterocycles. The molecule has 0 saturated heterocycles. The number of ether oxygens (including phenoxy) is 1. The lowest BCUT2D eigenvalue weighted by Crippen LogP contribution is -2.26. The number of aliphatic hydroxyl groups excluding tert-OH is 1. The van der Waals surface area contributed by atoms with Crippen molar-refractivity contribution in [3.63, 3.8) is 0 Å². The predicted molar refractivity (Wildman–Crippen MR) is 71.1 cm³/mol. The molecule has 0 aliphatic carbocycles. The number of aliphatic hydroxyl groups is 1. The second-order valence-corrected chi connectivity index (χ2v) is 5.29. The molecule has 1 aromatic carbocycles. The van der Waals surface area contributed by atoms with Gasteiger partial charge >= 0.3 is 5.97 Å². The molecular formula is C15H20O3. The highest BCUT2D eigenvalue weighted by atomic mass is 16.6. The van der Waals surface area contributed by atoms with Crippen LogP contribution < -0.4 is 0 Å². The van der Waals surface area contributed by atoms with E-state index in [9.17, 15) is 9.90 Å². The molecule has 1 atom stereocenters. The maximum atomic E-state index is 11.8. The van der Waals surface area contributed by atoms with E-state index in [-0.39, 0.29) is 5.57 Å². The van der Waals surface area contributed by atoms with Crippen molar-refractivity contribution in [2.75, 3.05) is 0 Å². The summed E-state index contributed by atoms with van der Waals surface area (Å²) in [5.41, 5.74) is 1.05. The molecule has 18 heavy (non-hydrogen) atoms. The van der Waals surface area contributed by atoms with Gasteiger partial charge in [-0.15, -0.1) is 0 Å². The zero-order valence-electron chi connectivity index (χ0n) is 11.4. The van der Waals surface area contributed by atoms with Crippen molar-refractivity contribution >= 4 is 5.97 Å². The lowest BCUT2D eigenvalue weighted by molar-refractivity contribution is -0.151. The highest BCUT2D eigenvalue weighted by Gasteiger charge is 2.24. The number of carbonyl (C=O) groups is 1. The van der Waals surface area contributed by atoms with Gasteiger partial charge in [-0.05, 0) is 38.8 Å². The fraction of sp³-hybridized carbons (Fsp3) is 0.400. The van der Waals surface area contributed by atoms with E-state index in [2.05, 4.69) is 6.58 Å². The van der Waals surface area contributed by atoms with Gasteiger partial charge in [-0.25, -0.2) is 4.79 Å². The molecule has 0 radical (unpaired) electrons. The molecule has 98 valence electrons. The summed E-state index contributed by atoms with van der Waals surface area (Å²) in [6.45, 7) is 10.8. The normalized spacial score (nSPS) is 12.9. The Morgan fingerprint density at radius 1 is 1.33 bits per heavy atom. The maximum absolute atomic E-state index is 11.8. The smallest absolute Gasteiger partial charge is 0.336 e. The van der Waals surface area contributed by atoms with Gasteiger partial charge in [-0.3, -0.25) is 0 Å². The van der Waals surface area contributed by atoms with Crippen LogP contribution >= 0.6 is 0 Å². The van der Waals surface area contributed by atoms with Crippen LogP contribution in [0, 0.1) is 6.92 Å². The van der Waals surface area contributed by atoms with Crippen molar-refractivity contribution in [1.82, 2.24) is 0 Å². The standard InChI is InChI=1S/C15H20O3/c1-10-8-6-7-9-12(10)13(16)11(2)14(17)18-15(3,4)5/h6-9,13,16H,2H2,1,3-5H3. The van der Waals surface area contributed by atoms with E-state index < -0.39 is 17.7 Å². The van der Waals surface area contributed by atoms with Crippen LogP contribution in [-0.4, -0.2) is 16.7 Å². The number of aryl methyl sites for hydroxylation is 1. The van der Waals surface area contributed by atoms with Gasteiger partial charge in [0.1, 0.15) is 11.7 Å². The molecule has 0 aliphatic rings. The molecule has 0 aromatic heterocycles. The Kier molecular flexibility index (Phi) is 4.30. The Balaban J connectivity index is 2.85. The molecule has 1 aromatic rings. The minimum Gasteiger partial charge on any atom is -0.457 e. The molecule has 3 heteroatoms. The molecule has 1 rings (SSSR count). The SMILES string of the molecule is C=C(C(=O)OC(C)(C)C)C(O)c1ccccc1C. The fourth-order valence-corrected chi connectivity index (χ4v) is 1.54. The number of benzene rings is 1. The van der Waals surface area contributed by atoms with Crippen molar-refractivity contribution < 1.29 is 14.6 Å². The van der Waals surface area contributed by atoms with Gasteiger partial charge < -0.3 is 9.84 Å². The first-order chi connectivity index (χ1) is 8.22. The number of rotatable bonds is 3. The Morgan fingerprint density at radius 3 is 2.39 bits per heavy atom. The zero-order chi connectivity index (χ0) is 13.9. The molecule has 0 aliphatic heterocycles. The number of hydrogen-bond acceptors (Lipinski definition) is 3. The molecule has 0 saturated carbocycles. The molecule has 0 fully saturated rings. The Hall–Kier alpha value is -1.61. The summed E-state index contributed by atoms with van der Waals surface area (Å²) < 4.78 is 5.18. The highest BCUT2D eigenvalue weighted by molar-refractivity contribution is 5.89. The van der Waals surface area contributed by atoms with Gasteiger partial charge in [0.05, 0.1) is 5.57 Å². The number of carbonyl (C=O) groups excluding carboxylic acids is 1. The van der Waals surface area contributed by atoms with Crippen LogP contribution in [0.15, 0.2) is 36.4 Å². The van der Waals surface area contributed by atoms with Crippen LogP contribution in [0.2, 0.25) is 0 Å². The summed E-state index contributed by atoms with van der Waals surface area (Å²) in [7, 11) is 0. The van der Waals surface area contributed by atoms with E-state index in [1.54, 1.807) is 26.8 Å². The first kappa shape index (κ1) is 14.5. The first-order valence-electron chi connectivity index (χ1n) is 5.88. The van der Waals surface area contributed by atoms with E-state index in [1.807, 2.05) is 25.1 Å². The van der Waals surface area contributed by atoms with Crippen LogP contribution in [0.5, 0.6) is 0 Å². The third-order valence-electron chi connectivity index (χ3n) is 2.47. The zero-order valence-corrected chi connectivity index (χ0v) is 11.4. The lowest BCUT2D eigenvalue weighted by Gasteiger charge is -2.22. The molecule has 0 spiro atoms. The first-order valence-corrected chi connectivity index (χ1v) is 5.88. The quantitative estimate of drug-likeness (QED) is 0.661. The summed E-state index contributed by atoms with van der Waals surface area (Å²) in [5.74, 6) is -0.571. The van der Waals surface area contributed by atoms with Crippen molar-refractivity contribution in [3.05, 3.63) is 47.5 Å². The average molecular weight is 248 g/mol. The molecule has 0 bridgehead atoms. The summed E-state index contributed by atoms with van der Waals surface area (Å²) in [5, 5.41) is 10.1. The Labute approximate surface area is 108 Å². The topological polar surface area (TPSA) is 46.5 Å². The fourth-order valence-electron chi connectivity index (χ4n) is 1.54. The van der Waals surface area contributed by atoms with Crippen LogP contribution in [0.4, 0.5) is 0 Å². The van der Waals surface area contributed by atoms with Crippen LogP contribution in [0.1, 0.15) is 38.0 Å². The molecule has 0 amide bonds. The highest BCUT2D eigenvalue weighted by Crippen LogP contribution is 2.25. The number of esters is 1. The van der Waals surface area contributed by atoms with Crippen LogP contribution in [-0.2, 0) is 9.53 Å². The summed E-state index contributed by atoms with van der Waals surface area (Å²) in [6, 6.07) is 7.34. The largest absolute Gasteiger partial charge is 0.457 e. The summed E-state index contributed by atoms with van der Waals surface area (Å²) in [4.78, 5) is 11.8. The lowest BCUT2D eigenvalue weighted by atomic mass is 9.98. The van der Waals surface area contributed by atoms with E-state index >= 15 is 0 Å². The Bertz CT molecular complexity index is 455. The maximum Gasteiger partial charge on any atom is 0.336 e. The van der Waals surface area contributed by atoms with Crippen molar-refractivity contribution in [2.45, 2.75) is 39.4 Å². The second-order valence-electron chi connectivity index (χ2n) is 5.29. The van der Waals surface area contributed by atoms with Crippen molar-refractivity contribution in [2.24, 2.45) is 0 Å². The summed E-state index contributed by atoms with van der Waals surface area (Å²) >= 11 is 0. The van der Waals surface area contributed by atoms with E-state index in [0.29, 0.717) is 5.56 Å². The van der Waals surface area contributed by atoms with Crippen LogP contribution in [0.25, 0.3) is 0 Å². The van der Waals surface area contributed by atoms with Crippen molar-refractivity contribution in [3.8, 4) is 0 Å². The van der Waals surface area contributed by atoms with Crippen LogP contribution in [0.3, 0.4) is 0 Å². The third-order valence-corrected chi connectivity index (χ3v) is 2.47. The van der Waals surface area contributed by atoms with E-state index in [1.165, 1.54) is 0 Å². The van der Waals surface area contributed by atoms with Gasteiger partial charge in [0, 0.05) is 0 Å². The minimum atomic E-state index is -1.03. The van der Waals surface area contributed by atoms with E-state index in [4.69, 9.17) is 4.74 Å². The third kappa shape index (κ3) is 3.70. The Morgan fingerprint density at radius 2 is 1.89 bits per heavy atom. The average Bonchev–Trinajstić information content (AvgIpc) is 2.25. The van der Waals surface area contributed by atoms with E-state index in [0.717, 1.165) is 5.56 Å². The van der Waals surface area contributed by atoms with Gasteiger partial charge in [0.2, 0.25) is 0 Å². The van der Waals surface area contributed by atoms with Gasteiger partial charge in [-0.1, -0.05) is 30.8 Å². The van der Waals surface area contributed by atoms with Gasteiger partial charge in [0.15, 0.2) is 0 Å². The molecule has 1 N–H and O–H groups in total. The predicted octanol–water partition coefficient (Wildman–Crippen LogP) is 2.93. The van der Waals surface area contributed by atoms with Gasteiger partial charge in [-0.2, -0.15) is 0 Å². The monoisotopic (exact) mass is 248 g/mol. The number of hydrogen-bond donors (Lipinski definition) is 1. The molecule has 3 nitrogen and oxygen atoms in total.